The van der Waals surface area contributed by atoms with Crippen molar-refractivity contribution in [2.45, 2.75) is 13.1 Å². The van der Waals surface area contributed by atoms with Crippen LogP contribution in [0.3, 0.4) is 0 Å². The van der Waals surface area contributed by atoms with Crippen molar-refractivity contribution in [2.75, 3.05) is 19.0 Å². The van der Waals surface area contributed by atoms with Gasteiger partial charge in [0.15, 0.2) is 0 Å². The second kappa shape index (κ2) is 5.89. The fourth-order valence-corrected chi connectivity index (χ4v) is 1.79. The van der Waals surface area contributed by atoms with Crippen molar-refractivity contribution in [2.24, 2.45) is 0 Å². The largest absolute Gasteiger partial charge is 0.432 e. The second-order valence-corrected chi connectivity index (χ2v) is 4.57. The number of oxazole rings is 1. The number of rotatable bonds is 5. The molecule has 1 aromatic heterocycles. The molecule has 0 bridgehead atoms. The lowest BCUT2D eigenvalue weighted by atomic mass is 10.2. The van der Waals surface area contributed by atoms with Crippen molar-refractivity contribution >= 4 is 17.6 Å². The van der Waals surface area contributed by atoms with Gasteiger partial charge in [0.25, 0.3) is 6.01 Å². The molecule has 1 N–H and O–H groups in total. The molecule has 0 amide bonds. The molecule has 96 valence electrons. The molecule has 0 radical (unpaired) electrons. The Hall–Kier alpha value is -1.52. The molecule has 2 aromatic rings. The fraction of sp³-hybridized carbons (Fsp3) is 0.308. The molecule has 5 heteroatoms. The number of benzene rings is 1. The molecule has 0 aliphatic rings. The Bertz CT molecular complexity index is 495. The van der Waals surface area contributed by atoms with E-state index >= 15 is 0 Å². The van der Waals surface area contributed by atoms with Crippen molar-refractivity contribution in [3.8, 4) is 0 Å². The number of halogens is 1. The van der Waals surface area contributed by atoms with Gasteiger partial charge in [-0.25, -0.2) is 0 Å². The van der Waals surface area contributed by atoms with Crippen LogP contribution in [-0.4, -0.2) is 19.1 Å². The highest BCUT2D eigenvalue weighted by molar-refractivity contribution is 6.30. The first-order chi connectivity index (χ1) is 8.69. The average molecular weight is 266 g/mol. The van der Waals surface area contributed by atoms with Crippen LogP contribution in [-0.2, 0) is 13.1 Å². The standard InChI is InChI=1S/C13H16ClN3O/c1-15-7-12-9-18-13(16-12)17(2)8-10-3-5-11(14)6-4-10/h3-6,9,15H,7-8H2,1-2H3. The van der Waals surface area contributed by atoms with Crippen LogP contribution >= 0.6 is 11.6 Å². The van der Waals surface area contributed by atoms with Crippen LogP contribution in [0.1, 0.15) is 11.3 Å². The van der Waals surface area contributed by atoms with E-state index in [0.717, 1.165) is 22.8 Å². The molecule has 1 aromatic carbocycles. The summed E-state index contributed by atoms with van der Waals surface area (Å²) < 4.78 is 5.42. The van der Waals surface area contributed by atoms with Gasteiger partial charge in [0.2, 0.25) is 0 Å². The number of hydrogen-bond acceptors (Lipinski definition) is 4. The van der Waals surface area contributed by atoms with E-state index in [2.05, 4.69) is 10.3 Å². The van der Waals surface area contributed by atoms with Crippen molar-refractivity contribution in [1.82, 2.24) is 10.3 Å². The van der Waals surface area contributed by atoms with E-state index in [-0.39, 0.29) is 0 Å². The third kappa shape index (κ3) is 3.24. The lowest BCUT2D eigenvalue weighted by Gasteiger charge is -2.14. The third-order valence-electron chi connectivity index (χ3n) is 2.56. The zero-order valence-electron chi connectivity index (χ0n) is 10.5. The lowest BCUT2D eigenvalue weighted by molar-refractivity contribution is 0.543. The molecule has 0 spiro atoms. The topological polar surface area (TPSA) is 41.3 Å². The number of aromatic nitrogens is 1. The van der Waals surface area contributed by atoms with Crippen molar-refractivity contribution in [3.05, 3.63) is 46.8 Å². The number of hydrogen-bond donors (Lipinski definition) is 1. The monoisotopic (exact) mass is 265 g/mol. The Morgan fingerprint density at radius 1 is 1.33 bits per heavy atom. The first-order valence-corrected chi connectivity index (χ1v) is 6.11. The normalized spacial score (nSPS) is 10.6. The van der Waals surface area contributed by atoms with Gasteiger partial charge in [-0.1, -0.05) is 23.7 Å². The van der Waals surface area contributed by atoms with Crippen LogP contribution in [0, 0.1) is 0 Å². The maximum Gasteiger partial charge on any atom is 0.297 e. The molecule has 0 unspecified atom stereocenters. The number of nitrogens with zero attached hydrogens (tertiary/aromatic N) is 2. The summed E-state index contributed by atoms with van der Waals surface area (Å²) in [5, 5.41) is 3.78. The summed E-state index contributed by atoms with van der Waals surface area (Å²) in [6.45, 7) is 1.44. The minimum Gasteiger partial charge on any atom is -0.432 e. The zero-order valence-corrected chi connectivity index (χ0v) is 11.2. The molecular weight excluding hydrogens is 250 g/mol. The van der Waals surface area contributed by atoms with Gasteiger partial charge in [0, 0.05) is 25.2 Å². The predicted octanol–water partition coefficient (Wildman–Crippen LogP) is 2.68. The Labute approximate surface area is 112 Å². The van der Waals surface area contributed by atoms with E-state index in [1.54, 1.807) is 6.26 Å². The fourth-order valence-electron chi connectivity index (χ4n) is 1.67. The number of anilines is 1. The molecule has 18 heavy (non-hydrogen) atoms. The van der Waals surface area contributed by atoms with Crippen LogP contribution in [0.15, 0.2) is 34.9 Å². The Kier molecular flexibility index (Phi) is 4.23. The quantitative estimate of drug-likeness (QED) is 0.903. The third-order valence-corrected chi connectivity index (χ3v) is 2.81. The van der Waals surface area contributed by atoms with Crippen LogP contribution in [0.2, 0.25) is 5.02 Å². The summed E-state index contributed by atoms with van der Waals surface area (Å²) in [6.07, 6.45) is 1.67. The van der Waals surface area contributed by atoms with Crippen LogP contribution in [0.4, 0.5) is 6.01 Å². The van der Waals surface area contributed by atoms with Gasteiger partial charge in [-0.2, -0.15) is 4.98 Å². The summed E-state index contributed by atoms with van der Waals surface area (Å²) in [7, 11) is 3.83. The summed E-state index contributed by atoms with van der Waals surface area (Å²) in [5.41, 5.74) is 2.06. The molecule has 1 heterocycles. The molecule has 0 aliphatic carbocycles. The summed E-state index contributed by atoms with van der Waals surface area (Å²) >= 11 is 5.85. The van der Waals surface area contributed by atoms with E-state index in [1.165, 1.54) is 0 Å². The van der Waals surface area contributed by atoms with E-state index in [0.29, 0.717) is 12.6 Å². The predicted molar refractivity (Wildman–Crippen MR) is 72.8 cm³/mol. The van der Waals surface area contributed by atoms with Gasteiger partial charge in [0.1, 0.15) is 6.26 Å². The Balaban J connectivity index is 2.02. The van der Waals surface area contributed by atoms with Crippen molar-refractivity contribution in [3.63, 3.8) is 0 Å². The highest BCUT2D eigenvalue weighted by Crippen LogP contribution is 2.16. The van der Waals surface area contributed by atoms with Crippen LogP contribution in [0.25, 0.3) is 0 Å². The Morgan fingerprint density at radius 3 is 2.72 bits per heavy atom. The maximum absolute atomic E-state index is 5.85. The summed E-state index contributed by atoms with van der Waals surface area (Å²) in [4.78, 5) is 6.35. The van der Waals surface area contributed by atoms with E-state index in [4.69, 9.17) is 16.0 Å². The molecule has 2 rings (SSSR count). The minimum absolute atomic E-state index is 0.621. The SMILES string of the molecule is CNCc1coc(N(C)Cc2ccc(Cl)cc2)n1. The Morgan fingerprint density at radius 2 is 2.06 bits per heavy atom. The molecule has 0 saturated heterocycles. The molecule has 0 saturated carbocycles. The van der Waals surface area contributed by atoms with Gasteiger partial charge in [-0.05, 0) is 24.7 Å². The van der Waals surface area contributed by atoms with Crippen LogP contribution < -0.4 is 10.2 Å². The highest BCUT2D eigenvalue weighted by atomic mass is 35.5. The van der Waals surface area contributed by atoms with Gasteiger partial charge >= 0.3 is 0 Å². The van der Waals surface area contributed by atoms with E-state index in [9.17, 15) is 0 Å². The van der Waals surface area contributed by atoms with Crippen LogP contribution in [0.5, 0.6) is 0 Å². The van der Waals surface area contributed by atoms with Gasteiger partial charge in [0.05, 0.1) is 5.69 Å². The van der Waals surface area contributed by atoms with Crippen molar-refractivity contribution < 1.29 is 4.42 Å². The smallest absolute Gasteiger partial charge is 0.297 e. The van der Waals surface area contributed by atoms with Crippen molar-refractivity contribution in [1.29, 1.82) is 0 Å². The minimum atomic E-state index is 0.621. The lowest BCUT2D eigenvalue weighted by Crippen LogP contribution is -2.17. The second-order valence-electron chi connectivity index (χ2n) is 4.13. The molecule has 0 atom stereocenters. The maximum atomic E-state index is 5.85. The zero-order chi connectivity index (χ0) is 13.0. The first-order valence-electron chi connectivity index (χ1n) is 5.73. The first kappa shape index (κ1) is 12.9. The summed E-state index contributed by atoms with van der Waals surface area (Å²) in [5.74, 6) is 0. The highest BCUT2D eigenvalue weighted by Gasteiger charge is 2.09. The molecule has 4 nitrogen and oxygen atoms in total. The number of nitrogens with one attached hydrogen (secondary N) is 1. The van der Waals surface area contributed by atoms with Gasteiger partial charge in [-0.15, -0.1) is 0 Å². The molecular formula is C13H16ClN3O. The van der Waals surface area contributed by atoms with Gasteiger partial charge < -0.3 is 14.6 Å². The van der Waals surface area contributed by atoms with E-state index in [1.807, 2.05) is 43.3 Å². The average Bonchev–Trinajstić information content (AvgIpc) is 2.81. The summed E-state index contributed by atoms with van der Waals surface area (Å²) in [6, 6.07) is 8.38. The molecule has 0 aliphatic heterocycles. The van der Waals surface area contributed by atoms with E-state index < -0.39 is 0 Å². The molecule has 0 fully saturated rings. The van der Waals surface area contributed by atoms with Gasteiger partial charge in [-0.3, -0.25) is 0 Å².